The summed E-state index contributed by atoms with van der Waals surface area (Å²) in [6.45, 7) is 8.74. The molecule has 0 spiro atoms. The molecule has 2 heterocycles. The highest BCUT2D eigenvalue weighted by molar-refractivity contribution is 9.10. The molecule has 0 amide bonds. The third-order valence-electron chi connectivity index (χ3n) is 3.91. The van der Waals surface area contributed by atoms with Crippen molar-refractivity contribution in [1.29, 1.82) is 0 Å². The minimum Gasteiger partial charge on any atom is -0.315 e. The average molecular weight is 329 g/mol. The van der Waals surface area contributed by atoms with Crippen molar-refractivity contribution in [2.75, 3.05) is 19.6 Å². The first-order valence-electron chi connectivity index (χ1n) is 7.26. The van der Waals surface area contributed by atoms with E-state index in [0.717, 1.165) is 25.3 Å². The molecule has 1 aliphatic rings. The minimum absolute atomic E-state index is 0.663. The van der Waals surface area contributed by atoms with Crippen LogP contribution in [0.1, 0.15) is 37.6 Å². The Balaban J connectivity index is 2.11. The van der Waals surface area contributed by atoms with Gasteiger partial charge in [-0.1, -0.05) is 6.92 Å². The lowest BCUT2D eigenvalue weighted by Gasteiger charge is -2.34. The predicted molar refractivity (Wildman–Crippen MR) is 82.2 cm³/mol. The second-order valence-corrected chi connectivity index (χ2v) is 6.23. The summed E-state index contributed by atoms with van der Waals surface area (Å²) in [5.74, 6) is 0. The molecule has 4 nitrogen and oxygen atoms in total. The zero-order valence-corrected chi connectivity index (χ0v) is 13.8. The highest BCUT2D eigenvalue weighted by Crippen LogP contribution is 2.23. The largest absolute Gasteiger partial charge is 0.315 e. The molecule has 1 aromatic heterocycles. The van der Waals surface area contributed by atoms with Crippen LogP contribution in [0, 0.1) is 6.92 Å². The molecule has 0 bridgehead atoms. The van der Waals surface area contributed by atoms with Gasteiger partial charge in [0.2, 0.25) is 0 Å². The molecule has 2 rings (SSSR count). The number of aromatic nitrogens is 2. The van der Waals surface area contributed by atoms with Gasteiger partial charge >= 0.3 is 0 Å². The summed E-state index contributed by atoms with van der Waals surface area (Å²) in [6.07, 6.45) is 3.79. The molecule has 108 valence electrons. The molecule has 5 heteroatoms. The van der Waals surface area contributed by atoms with Crippen molar-refractivity contribution in [3.8, 4) is 0 Å². The van der Waals surface area contributed by atoms with Crippen LogP contribution in [0.4, 0.5) is 0 Å². The van der Waals surface area contributed by atoms with Crippen LogP contribution in [0.2, 0.25) is 0 Å². The highest BCUT2D eigenvalue weighted by atomic mass is 79.9. The van der Waals surface area contributed by atoms with E-state index in [9.17, 15) is 0 Å². The van der Waals surface area contributed by atoms with Gasteiger partial charge in [0.25, 0.3) is 0 Å². The van der Waals surface area contributed by atoms with Crippen molar-refractivity contribution in [3.05, 3.63) is 15.9 Å². The van der Waals surface area contributed by atoms with Crippen LogP contribution >= 0.6 is 15.9 Å². The fourth-order valence-electron chi connectivity index (χ4n) is 2.87. The number of hydrogen-bond donors (Lipinski definition) is 1. The van der Waals surface area contributed by atoms with Gasteiger partial charge in [-0.3, -0.25) is 9.58 Å². The topological polar surface area (TPSA) is 33.1 Å². The fourth-order valence-corrected chi connectivity index (χ4v) is 3.33. The fraction of sp³-hybridized carbons (Fsp3) is 0.786. The van der Waals surface area contributed by atoms with E-state index in [0.29, 0.717) is 6.04 Å². The maximum atomic E-state index is 4.50. The SMILES string of the molecule is CCCN(Cc1c(Br)c(C)nn1C)C1CCCNC1. The van der Waals surface area contributed by atoms with E-state index in [1.54, 1.807) is 0 Å². The monoisotopic (exact) mass is 328 g/mol. The Kier molecular flexibility index (Phi) is 5.42. The molecular weight excluding hydrogens is 304 g/mol. The molecule has 1 atom stereocenters. The van der Waals surface area contributed by atoms with E-state index in [2.05, 4.69) is 45.1 Å². The molecule has 1 aliphatic heterocycles. The van der Waals surface area contributed by atoms with Crippen molar-refractivity contribution < 1.29 is 0 Å². The zero-order chi connectivity index (χ0) is 13.8. The third-order valence-corrected chi connectivity index (χ3v) is 4.94. The molecule has 0 radical (unpaired) electrons. The molecule has 1 fully saturated rings. The summed E-state index contributed by atoms with van der Waals surface area (Å²) in [5, 5.41) is 8.01. The van der Waals surface area contributed by atoms with Crippen LogP contribution in [0.25, 0.3) is 0 Å². The molecule has 1 saturated heterocycles. The number of rotatable bonds is 5. The van der Waals surface area contributed by atoms with Gasteiger partial charge in [0.05, 0.1) is 15.9 Å². The quantitative estimate of drug-likeness (QED) is 0.901. The smallest absolute Gasteiger partial charge is 0.0739 e. The Morgan fingerprint density at radius 1 is 1.53 bits per heavy atom. The van der Waals surface area contributed by atoms with Crippen molar-refractivity contribution in [1.82, 2.24) is 20.0 Å². The Labute approximate surface area is 124 Å². The second-order valence-electron chi connectivity index (χ2n) is 5.44. The van der Waals surface area contributed by atoms with Gasteiger partial charge in [-0.15, -0.1) is 0 Å². The second kappa shape index (κ2) is 6.86. The van der Waals surface area contributed by atoms with Crippen molar-refractivity contribution in [2.24, 2.45) is 7.05 Å². The van der Waals surface area contributed by atoms with Crippen LogP contribution in [0.15, 0.2) is 4.47 Å². The summed E-state index contributed by atoms with van der Waals surface area (Å²) in [4.78, 5) is 2.60. The third kappa shape index (κ3) is 3.58. The molecule has 0 aliphatic carbocycles. The first-order valence-corrected chi connectivity index (χ1v) is 8.05. The first-order chi connectivity index (χ1) is 9.13. The normalized spacial score (nSPS) is 20.2. The maximum Gasteiger partial charge on any atom is 0.0739 e. The van der Waals surface area contributed by atoms with Crippen molar-refractivity contribution in [3.63, 3.8) is 0 Å². The Hall–Kier alpha value is -0.390. The van der Waals surface area contributed by atoms with E-state index >= 15 is 0 Å². The molecule has 0 aromatic carbocycles. The first kappa shape index (κ1) is 15.0. The average Bonchev–Trinajstić information content (AvgIpc) is 2.65. The molecule has 1 unspecified atom stereocenters. The van der Waals surface area contributed by atoms with Crippen molar-refractivity contribution >= 4 is 15.9 Å². The van der Waals surface area contributed by atoms with Gasteiger partial charge in [0, 0.05) is 26.2 Å². The molecule has 1 aromatic rings. The van der Waals surface area contributed by atoms with Gasteiger partial charge in [0.1, 0.15) is 0 Å². The van der Waals surface area contributed by atoms with Gasteiger partial charge in [-0.25, -0.2) is 0 Å². The molecule has 1 N–H and O–H groups in total. The predicted octanol–water partition coefficient (Wildman–Crippen LogP) is 2.46. The highest BCUT2D eigenvalue weighted by Gasteiger charge is 2.22. The van der Waals surface area contributed by atoms with E-state index < -0.39 is 0 Å². The number of halogens is 1. The van der Waals surface area contributed by atoms with Gasteiger partial charge in [-0.05, 0) is 55.2 Å². The van der Waals surface area contributed by atoms with Crippen LogP contribution in [0.3, 0.4) is 0 Å². The standard InChI is InChI=1S/C14H25BrN4/c1-4-8-19(12-6-5-7-16-9-12)10-13-14(15)11(2)17-18(13)3/h12,16H,4-10H2,1-3H3. The zero-order valence-electron chi connectivity index (χ0n) is 12.2. The lowest BCUT2D eigenvalue weighted by atomic mass is 10.1. The molecule has 0 saturated carbocycles. The minimum atomic E-state index is 0.663. The maximum absolute atomic E-state index is 4.50. The number of aryl methyl sites for hydroxylation is 2. The molecule has 19 heavy (non-hydrogen) atoms. The lowest BCUT2D eigenvalue weighted by molar-refractivity contribution is 0.154. The Bertz CT molecular complexity index is 410. The summed E-state index contributed by atoms with van der Waals surface area (Å²) in [7, 11) is 2.04. The van der Waals surface area contributed by atoms with Crippen LogP contribution in [0.5, 0.6) is 0 Å². The number of nitrogens with zero attached hydrogens (tertiary/aromatic N) is 3. The lowest BCUT2D eigenvalue weighted by Crippen LogP contribution is -2.46. The van der Waals surface area contributed by atoms with E-state index in [1.807, 2.05) is 11.7 Å². The van der Waals surface area contributed by atoms with Gasteiger partial charge in [-0.2, -0.15) is 5.10 Å². The van der Waals surface area contributed by atoms with E-state index in [1.165, 1.54) is 36.0 Å². The Morgan fingerprint density at radius 2 is 2.32 bits per heavy atom. The molecular formula is C14H25BrN4. The summed E-state index contributed by atoms with van der Waals surface area (Å²) in [5.41, 5.74) is 2.37. The van der Waals surface area contributed by atoms with E-state index in [-0.39, 0.29) is 0 Å². The van der Waals surface area contributed by atoms with Crippen LogP contribution in [-0.4, -0.2) is 40.4 Å². The van der Waals surface area contributed by atoms with Gasteiger partial charge < -0.3 is 5.32 Å². The summed E-state index contributed by atoms with van der Waals surface area (Å²) in [6, 6.07) is 0.663. The van der Waals surface area contributed by atoms with Crippen LogP contribution < -0.4 is 5.32 Å². The van der Waals surface area contributed by atoms with Crippen LogP contribution in [-0.2, 0) is 13.6 Å². The summed E-state index contributed by atoms with van der Waals surface area (Å²) < 4.78 is 3.18. The Morgan fingerprint density at radius 3 is 2.84 bits per heavy atom. The van der Waals surface area contributed by atoms with Crippen molar-refractivity contribution in [2.45, 2.75) is 45.7 Å². The van der Waals surface area contributed by atoms with E-state index in [4.69, 9.17) is 0 Å². The summed E-state index contributed by atoms with van der Waals surface area (Å²) >= 11 is 3.68. The van der Waals surface area contributed by atoms with Gasteiger partial charge in [0.15, 0.2) is 0 Å². The number of piperidine rings is 1. The number of nitrogens with one attached hydrogen (secondary N) is 1. The number of hydrogen-bond acceptors (Lipinski definition) is 3.